The molecule has 0 aromatic heterocycles. The molecule has 0 atom stereocenters. The third-order valence-corrected chi connectivity index (χ3v) is 3.19. The number of rotatable bonds is 3. The number of hydrogen-bond acceptors (Lipinski definition) is 0. The molecule has 0 radical (unpaired) electrons. The van der Waals surface area contributed by atoms with Crippen LogP contribution in [0.4, 0.5) is 0 Å². The second-order valence-corrected chi connectivity index (χ2v) is 4.97. The molecule has 0 fully saturated rings. The van der Waals surface area contributed by atoms with Crippen LogP contribution in [0.15, 0.2) is 18.2 Å². The van der Waals surface area contributed by atoms with Gasteiger partial charge in [-0.3, -0.25) is 0 Å². The predicted molar refractivity (Wildman–Crippen MR) is 66.3 cm³/mol. The van der Waals surface area contributed by atoms with E-state index in [1.807, 2.05) is 12.1 Å². The lowest BCUT2D eigenvalue weighted by atomic mass is 10.1. The fourth-order valence-electron chi connectivity index (χ4n) is 0.992. The van der Waals surface area contributed by atoms with Crippen LogP contribution < -0.4 is 0 Å². The second-order valence-electron chi connectivity index (χ2n) is 2.53. The van der Waals surface area contributed by atoms with Gasteiger partial charge in [0.25, 0.3) is 0 Å². The van der Waals surface area contributed by atoms with Crippen molar-refractivity contribution >= 4 is 50.1 Å². The molecule has 0 bridgehead atoms. The first-order chi connectivity index (χ1) is 5.74. The Labute approximate surface area is 100.0 Å². The largest absolute Gasteiger partial charge is 0.0928 e. The summed E-state index contributed by atoms with van der Waals surface area (Å²) in [7, 11) is 0. The third-order valence-electron chi connectivity index (χ3n) is 1.59. The van der Waals surface area contributed by atoms with E-state index in [9.17, 15) is 0 Å². The van der Waals surface area contributed by atoms with Crippen LogP contribution in [0.5, 0.6) is 0 Å². The van der Waals surface area contributed by atoms with E-state index in [0.29, 0.717) is 0 Å². The van der Waals surface area contributed by atoms with Gasteiger partial charge in [-0.25, -0.2) is 0 Å². The highest BCUT2D eigenvalue weighted by Crippen LogP contribution is 2.20. The minimum Gasteiger partial charge on any atom is -0.0928 e. The predicted octanol–water partition coefficient (Wildman–Crippen LogP) is 4.27. The van der Waals surface area contributed by atoms with Crippen molar-refractivity contribution in [2.24, 2.45) is 0 Å². The molecular formula is C9H9BrClI. The van der Waals surface area contributed by atoms with Crippen LogP contribution in [0.3, 0.4) is 0 Å². The van der Waals surface area contributed by atoms with E-state index in [-0.39, 0.29) is 0 Å². The molecule has 0 heterocycles. The van der Waals surface area contributed by atoms with Gasteiger partial charge in [-0.2, -0.15) is 0 Å². The highest BCUT2D eigenvalue weighted by Gasteiger charge is 1.99. The third kappa shape index (κ3) is 3.23. The van der Waals surface area contributed by atoms with Gasteiger partial charge < -0.3 is 0 Å². The summed E-state index contributed by atoms with van der Waals surface area (Å²) in [6, 6.07) is 6.14. The molecule has 1 aromatic rings. The lowest BCUT2D eigenvalue weighted by molar-refractivity contribution is 0.939. The van der Waals surface area contributed by atoms with Crippen LogP contribution in [0.25, 0.3) is 0 Å². The Balaban J connectivity index is 2.75. The van der Waals surface area contributed by atoms with Crippen LogP contribution in [-0.4, -0.2) is 5.33 Å². The summed E-state index contributed by atoms with van der Waals surface area (Å²) in [5.74, 6) is 0. The molecule has 0 aliphatic heterocycles. The minimum absolute atomic E-state index is 0.886. The number of alkyl halides is 1. The molecule has 3 heteroatoms. The maximum absolute atomic E-state index is 6.01. The first-order valence-corrected chi connectivity index (χ1v) is 6.31. The Morgan fingerprint density at radius 1 is 1.42 bits per heavy atom. The maximum atomic E-state index is 6.01. The number of hydrogen-bond donors (Lipinski definition) is 0. The van der Waals surface area contributed by atoms with E-state index in [1.54, 1.807) is 0 Å². The average molecular weight is 359 g/mol. The molecular weight excluding hydrogens is 350 g/mol. The molecule has 1 rings (SSSR count). The van der Waals surface area contributed by atoms with E-state index < -0.39 is 0 Å². The molecule has 0 N–H and O–H groups in total. The van der Waals surface area contributed by atoms with Gasteiger partial charge >= 0.3 is 0 Å². The molecule has 1 aromatic carbocycles. The molecule has 0 nitrogen and oxygen atoms in total. The smallest absolute Gasteiger partial charge is 0.0438 e. The lowest BCUT2D eigenvalue weighted by Gasteiger charge is -2.02. The fraction of sp³-hybridized carbons (Fsp3) is 0.333. The summed E-state index contributed by atoms with van der Waals surface area (Å²) >= 11 is 11.7. The SMILES string of the molecule is Clc1ccc(I)cc1CCCBr. The highest BCUT2D eigenvalue weighted by atomic mass is 127. The number of aryl methyl sites for hydroxylation is 1. The molecule has 0 unspecified atom stereocenters. The number of benzene rings is 1. The first-order valence-electron chi connectivity index (χ1n) is 3.74. The summed E-state index contributed by atoms with van der Waals surface area (Å²) in [5.41, 5.74) is 1.25. The van der Waals surface area contributed by atoms with Gasteiger partial charge in [0, 0.05) is 13.9 Å². The van der Waals surface area contributed by atoms with Crippen molar-refractivity contribution in [1.82, 2.24) is 0 Å². The van der Waals surface area contributed by atoms with Crippen molar-refractivity contribution in [3.63, 3.8) is 0 Å². The van der Waals surface area contributed by atoms with E-state index in [0.717, 1.165) is 23.2 Å². The van der Waals surface area contributed by atoms with E-state index in [2.05, 4.69) is 44.6 Å². The van der Waals surface area contributed by atoms with Gasteiger partial charge in [-0.15, -0.1) is 0 Å². The molecule has 0 amide bonds. The molecule has 0 spiro atoms. The van der Waals surface area contributed by atoms with Gasteiger partial charge in [0.1, 0.15) is 0 Å². The van der Waals surface area contributed by atoms with Gasteiger partial charge in [-0.1, -0.05) is 27.5 Å². The van der Waals surface area contributed by atoms with Crippen molar-refractivity contribution in [3.8, 4) is 0 Å². The van der Waals surface area contributed by atoms with Crippen molar-refractivity contribution in [2.45, 2.75) is 12.8 Å². The second kappa shape index (κ2) is 5.45. The van der Waals surface area contributed by atoms with Crippen molar-refractivity contribution < 1.29 is 0 Å². The monoisotopic (exact) mass is 358 g/mol. The topological polar surface area (TPSA) is 0 Å². The first kappa shape index (κ1) is 10.8. The van der Waals surface area contributed by atoms with Crippen LogP contribution in [0, 0.1) is 3.57 Å². The molecule has 0 aliphatic rings. The average Bonchev–Trinajstić information content (AvgIpc) is 2.07. The maximum Gasteiger partial charge on any atom is 0.0438 e. The Hall–Kier alpha value is 0.720. The van der Waals surface area contributed by atoms with E-state index in [1.165, 1.54) is 9.13 Å². The van der Waals surface area contributed by atoms with Gasteiger partial charge in [0.05, 0.1) is 0 Å². The zero-order chi connectivity index (χ0) is 8.97. The van der Waals surface area contributed by atoms with Gasteiger partial charge in [0.15, 0.2) is 0 Å². The van der Waals surface area contributed by atoms with Crippen LogP contribution >= 0.6 is 50.1 Å². The summed E-state index contributed by atoms with van der Waals surface area (Å²) in [5, 5.41) is 1.92. The summed E-state index contributed by atoms with van der Waals surface area (Å²) in [4.78, 5) is 0. The Kier molecular flexibility index (Phi) is 4.90. The standard InChI is InChI=1S/C9H9BrClI/c10-5-1-2-7-6-8(12)3-4-9(7)11/h3-4,6H,1-2,5H2. The summed E-state index contributed by atoms with van der Waals surface area (Å²) < 4.78 is 1.25. The Morgan fingerprint density at radius 3 is 2.83 bits per heavy atom. The Morgan fingerprint density at radius 2 is 2.17 bits per heavy atom. The van der Waals surface area contributed by atoms with Crippen LogP contribution in [0.1, 0.15) is 12.0 Å². The molecule has 0 saturated carbocycles. The van der Waals surface area contributed by atoms with E-state index >= 15 is 0 Å². The Bertz CT molecular complexity index is 263. The number of halogens is 3. The van der Waals surface area contributed by atoms with Gasteiger partial charge in [0.2, 0.25) is 0 Å². The summed E-state index contributed by atoms with van der Waals surface area (Å²) in [6.07, 6.45) is 2.20. The van der Waals surface area contributed by atoms with Crippen molar-refractivity contribution in [1.29, 1.82) is 0 Å². The fourth-order valence-corrected chi connectivity index (χ4v) is 2.04. The molecule has 66 valence electrons. The summed E-state index contributed by atoms with van der Waals surface area (Å²) in [6.45, 7) is 0. The van der Waals surface area contributed by atoms with Crippen molar-refractivity contribution in [3.05, 3.63) is 32.4 Å². The minimum atomic E-state index is 0.886. The zero-order valence-electron chi connectivity index (χ0n) is 6.49. The molecule has 0 saturated heterocycles. The van der Waals surface area contributed by atoms with Crippen LogP contribution in [-0.2, 0) is 6.42 Å². The normalized spacial score (nSPS) is 10.2. The van der Waals surface area contributed by atoms with Gasteiger partial charge in [-0.05, 0) is 59.2 Å². The highest BCUT2D eigenvalue weighted by molar-refractivity contribution is 14.1. The zero-order valence-corrected chi connectivity index (χ0v) is 11.0. The lowest BCUT2D eigenvalue weighted by Crippen LogP contribution is -1.88. The molecule has 12 heavy (non-hydrogen) atoms. The van der Waals surface area contributed by atoms with Crippen molar-refractivity contribution in [2.75, 3.05) is 5.33 Å². The van der Waals surface area contributed by atoms with Crippen LogP contribution in [0.2, 0.25) is 5.02 Å². The quantitative estimate of drug-likeness (QED) is 0.558. The molecule has 0 aliphatic carbocycles. The van der Waals surface area contributed by atoms with E-state index in [4.69, 9.17) is 11.6 Å².